The largest absolute Gasteiger partial charge is 0.324 e. The molecule has 0 aromatic rings. The lowest BCUT2D eigenvalue weighted by Crippen LogP contribution is -2.56. The molecule has 138 valence electrons. The summed E-state index contributed by atoms with van der Waals surface area (Å²) in [5.74, 6) is 0.0216. The summed E-state index contributed by atoms with van der Waals surface area (Å²) in [4.78, 5) is 29.5. The van der Waals surface area contributed by atoms with Crippen molar-refractivity contribution in [2.24, 2.45) is 4.52 Å². The van der Waals surface area contributed by atoms with Crippen molar-refractivity contribution in [1.82, 2.24) is 14.7 Å². The van der Waals surface area contributed by atoms with E-state index in [2.05, 4.69) is 4.90 Å². The topological polar surface area (TPSA) is 74.7 Å². The molecule has 2 amide bonds. The fourth-order valence-electron chi connectivity index (χ4n) is 2.98. The molecule has 2 heterocycles. The van der Waals surface area contributed by atoms with E-state index in [1.165, 1.54) is 0 Å². The summed E-state index contributed by atoms with van der Waals surface area (Å²) in [5, 5.41) is 0. The van der Waals surface area contributed by atoms with Crippen molar-refractivity contribution in [2.75, 3.05) is 45.4 Å². The van der Waals surface area contributed by atoms with E-state index in [1.54, 1.807) is 23.6 Å². The molecule has 0 N–H and O–H groups in total. The minimum Gasteiger partial charge on any atom is -0.324 e. The normalized spacial score (nSPS) is 27.1. The Hall–Kier alpha value is -0.300. The number of amides is 2. The molecule has 2 fully saturated rings. The highest BCUT2D eigenvalue weighted by atomic mass is 32.5. The van der Waals surface area contributed by atoms with Crippen molar-refractivity contribution in [1.29, 1.82) is 0 Å². The molecule has 0 aromatic carbocycles. The molecule has 0 atom stereocenters. The van der Waals surface area contributed by atoms with Gasteiger partial charge in [0.2, 0.25) is 11.8 Å². The molecule has 0 saturated carbocycles. The second-order valence-electron chi connectivity index (χ2n) is 5.98. The first-order valence-electron chi connectivity index (χ1n) is 7.96. The third-order valence-corrected chi connectivity index (χ3v) is 11.4. The van der Waals surface area contributed by atoms with Crippen LogP contribution in [0.2, 0.25) is 0 Å². The molecule has 2 aliphatic heterocycles. The summed E-state index contributed by atoms with van der Waals surface area (Å²) in [6.45, 7) is 5.97. The van der Waals surface area contributed by atoms with Gasteiger partial charge in [-0.25, -0.2) is 4.52 Å². The summed E-state index contributed by atoms with van der Waals surface area (Å²) in [5.41, 5.74) is 0. The molecule has 0 spiro atoms. The lowest BCUT2D eigenvalue weighted by Gasteiger charge is -2.50. The number of carbonyl (C=O) groups excluding carboxylic acids is 2. The predicted molar refractivity (Wildman–Crippen MR) is 98.1 cm³/mol. The van der Waals surface area contributed by atoms with Crippen LogP contribution in [0.1, 0.15) is 27.7 Å². The lowest BCUT2D eigenvalue weighted by atomic mass is 10.5. The number of nitrogens with zero attached hydrogens (tertiary/aromatic N) is 4. The molecular formula is C13H26N4O4P2S. The summed E-state index contributed by atoms with van der Waals surface area (Å²) in [7, 11) is -2.09. The zero-order chi connectivity index (χ0) is 18.0. The Kier molecular flexibility index (Phi) is 6.62. The molecule has 0 unspecified atom stereocenters. The van der Waals surface area contributed by atoms with Gasteiger partial charge in [0, 0.05) is 27.2 Å². The molecule has 0 radical (unpaired) electrons. The first-order valence-corrected chi connectivity index (χ1v) is 12.8. The summed E-state index contributed by atoms with van der Waals surface area (Å²) >= 11 is 5.59. The molecule has 24 heavy (non-hydrogen) atoms. The van der Waals surface area contributed by atoms with E-state index in [9.17, 15) is 9.59 Å². The molecule has 2 rings (SSSR count). The van der Waals surface area contributed by atoms with Crippen molar-refractivity contribution < 1.29 is 18.6 Å². The summed E-state index contributed by atoms with van der Waals surface area (Å²) in [6.07, 6.45) is 1.81. The van der Waals surface area contributed by atoms with Crippen LogP contribution in [0.4, 0.5) is 0 Å². The number of carbonyl (C=O) groups is 2. The quantitative estimate of drug-likeness (QED) is 0.664. The number of hydrogen-bond acceptors (Lipinski definition) is 6. The predicted octanol–water partition coefficient (Wildman–Crippen LogP) is 2.30. The fraction of sp³-hybridized carbons (Fsp3) is 0.846. The molecule has 11 heteroatoms. The second kappa shape index (κ2) is 7.94. The fourth-order valence-corrected chi connectivity index (χ4v) is 11.7. The van der Waals surface area contributed by atoms with Crippen molar-refractivity contribution in [3.8, 4) is 0 Å². The lowest BCUT2D eigenvalue weighted by molar-refractivity contribution is -0.134. The Balaban J connectivity index is 2.45. The SMILES string of the molecule is CCOP(=S)(N=P12CN(CN(C(C)=O)C1)CN(C(C)=O)C2)OCC. The maximum absolute atomic E-state index is 11.9. The van der Waals surface area contributed by atoms with Crippen LogP contribution in [0.15, 0.2) is 4.52 Å². The van der Waals surface area contributed by atoms with Crippen LogP contribution in [0.5, 0.6) is 0 Å². The third kappa shape index (κ3) is 4.65. The van der Waals surface area contributed by atoms with Crippen LogP contribution in [-0.2, 0) is 30.4 Å². The average Bonchev–Trinajstić information content (AvgIpc) is 2.45. The minimum atomic E-state index is -2.77. The molecule has 0 aromatic heterocycles. The van der Waals surface area contributed by atoms with E-state index < -0.39 is 13.7 Å². The van der Waals surface area contributed by atoms with E-state index in [-0.39, 0.29) is 11.8 Å². The van der Waals surface area contributed by atoms with E-state index in [4.69, 9.17) is 25.4 Å². The maximum Gasteiger partial charge on any atom is 0.307 e. The highest BCUT2D eigenvalue weighted by Gasteiger charge is 2.41. The first kappa shape index (κ1) is 20.0. The van der Waals surface area contributed by atoms with Gasteiger partial charge in [0.15, 0.2) is 0 Å². The Morgan fingerprint density at radius 1 is 1.04 bits per heavy atom. The van der Waals surface area contributed by atoms with Crippen LogP contribution in [-0.4, -0.2) is 71.9 Å². The van der Waals surface area contributed by atoms with Crippen LogP contribution in [0, 0.1) is 0 Å². The molecule has 8 nitrogen and oxygen atoms in total. The number of rotatable bonds is 5. The Morgan fingerprint density at radius 2 is 1.50 bits per heavy atom. The highest BCUT2D eigenvalue weighted by molar-refractivity contribution is 8.10. The van der Waals surface area contributed by atoms with E-state index in [0.29, 0.717) is 39.1 Å². The van der Waals surface area contributed by atoms with Gasteiger partial charge in [-0.3, -0.25) is 14.5 Å². The molecule has 2 saturated heterocycles. The van der Waals surface area contributed by atoms with Gasteiger partial charge < -0.3 is 18.8 Å². The van der Waals surface area contributed by atoms with E-state index in [0.717, 1.165) is 6.29 Å². The van der Waals surface area contributed by atoms with E-state index >= 15 is 0 Å². The van der Waals surface area contributed by atoms with Crippen LogP contribution >= 0.6 is 13.7 Å². The number of fused-ring (bicyclic) bond motifs is 2. The second-order valence-corrected chi connectivity index (χ2v) is 12.6. The first-order chi connectivity index (χ1) is 11.2. The van der Waals surface area contributed by atoms with Crippen molar-refractivity contribution >= 4 is 37.3 Å². The molecular weight excluding hydrogens is 370 g/mol. The zero-order valence-corrected chi connectivity index (χ0v) is 17.3. The van der Waals surface area contributed by atoms with Crippen molar-refractivity contribution in [3.63, 3.8) is 0 Å². The summed E-state index contributed by atoms with van der Waals surface area (Å²) < 4.78 is 16.3. The van der Waals surface area contributed by atoms with E-state index in [1.807, 2.05) is 13.8 Å². The van der Waals surface area contributed by atoms with Gasteiger partial charge in [-0.15, -0.1) is 0 Å². The van der Waals surface area contributed by atoms with Crippen LogP contribution in [0.3, 0.4) is 0 Å². The third-order valence-electron chi connectivity index (χ3n) is 3.85. The van der Waals surface area contributed by atoms with Crippen LogP contribution < -0.4 is 0 Å². The maximum atomic E-state index is 11.9. The van der Waals surface area contributed by atoms with Gasteiger partial charge in [-0.05, 0) is 25.7 Å². The van der Waals surface area contributed by atoms with Gasteiger partial charge in [-0.1, -0.05) is 0 Å². The smallest absolute Gasteiger partial charge is 0.307 e. The summed E-state index contributed by atoms with van der Waals surface area (Å²) in [6, 6.07) is 0. The highest BCUT2D eigenvalue weighted by Crippen LogP contribution is 2.65. The Labute approximate surface area is 148 Å². The molecule has 2 aliphatic rings. The standard InChI is InChI=1S/C13H26N4O4P2S/c1-5-20-23(24,21-6-2)14-22-9-15(7-16(10-22)12(3)18)8-17(11-22)13(4)19/h5-11H2,1-4H3. The van der Waals surface area contributed by atoms with Gasteiger partial charge >= 0.3 is 6.64 Å². The van der Waals surface area contributed by atoms with Crippen molar-refractivity contribution in [3.05, 3.63) is 0 Å². The number of hydrogen-bond donors (Lipinski definition) is 0. The Bertz CT molecular complexity index is 575. The van der Waals surface area contributed by atoms with Gasteiger partial charge in [0.05, 0.1) is 39.1 Å². The van der Waals surface area contributed by atoms with Gasteiger partial charge in [0.25, 0.3) is 0 Å². The van der Waals surface area contributed by atoms with Gasteiger partial charge in [-0.2, -0.15) is 0 Å². The average molecular weight is 396 g/mol. The van der Waals surface area contributed by atoms with Crippen LogP contribution in [0.25, 0.3) is 0 Å². The monoisotopic (exact) mass is 396 g/mol. The molecule has 2 bridgehead atoms. The Morgan fingerprint density at radius 3 is 1.88 bits per heavy atom. The molecule has 0 aliphatic carbocycles. The van der Waals surface area contributed by atoms with Crippen molar-refractivity contribution in [2.45, 2.75) is 27.7 Å². The minimum absolute atomic E-state index is 0.0108. The zero-order valence-electron chi connectivity index (χ0n) is 14.7. The van der Waals surface area contributed by atoms with Gasteiger partial charge in [0.1, 0.15) is 0 Å².